The molecule has 0 saturated carbocycles. The summed E-state index contributed by atoms with van der Waals surface area (Å²) in [5.74, 6) is -0.816. The Morgan fingerprint density at radius 2 is 1.74 bits per heavy atom. The summed E-state index contributed by atoms with van der Waals surface area (Å²) in [6.45, 7) is 7.52. The van der Waals surface area contributed by atoms with Gasteiger partial charge in [0.2, 0.25) is 0 Å². The smallest absolute Gasteiger partial charge is 0.336 e. The number of aliphatic hydroxyl groups is 1. The van der Waals surface area contributed by atoms with Gasteiger partial charge in [-0.15, -0.1) is 0 Å². The highest BCUT2D eigenvalue weighted by atomic mass is 16.5. The van der Waals surface area contributed by atoms with E-state index >= 15 is 0 Å². The van der Waals surface area contributed by atoms with E-state index in [4.69, 9.17) is 23.7 Å². The first-order valence-corrected chi connectivity index (χ1v) is 14.2. The Bertz CT molecular complexity index is 1240. The molecular formula is C32H42N2O8. The molecule has 0 saturated heterocycles. The first-order chi connectivity index (χ1) is 20.3. The molecular weight excluding hydrogens is 540 g/mol. The molecule has 10 nitrogen and oxygen atoms in total. The standard InChI is InChI=1S/C32H42N2O8/c1-6-40-25-14-15-27(41-17-11-10-16-33-19-23(35)20-42-24-12-8-7-9-13-24)26(18-25)30-28(31(36)38-4)21(2)34-22(3)29(30)32(37)39-5/h7-9,12-15,18,23,28,30,33,35H,6,10-11,16-17,19-20H2,1-5H3. The van der Waals surface area contributed by atoms with E-state index in [0.717, 1.165) is 18.6 Å². The largest absolute Gasteiger partial charge is 0.494 e. The molecule has 228 valence electrons. The predicted octanol–water partition coefficient (Wildman–Crippen LogP) is 4.07. The Morgan fingerprint density at radius 3 is 2.43 bits per heavy atom. The molecule has 3 atom stereocenters. The lowest BCUT2D eigenvalue weighted by atomic mass is 9.75. The van der Waals surface area contributed by atoms with Crippen LogP contribution in [0.25, 0.3) is 0 Å². The summed E-state index contributed by atoms with van der Waals surface area (Å²) in [4.78, 5) is 30.4. The molecule has 1 heterocycles. The van der Waals surface area contributed by atoms with Gasteiger partial charge in [0.05, 0.1) is 33.0 Å². The number of methoxy groups -OCH3 is 2. The van der Waals surface area contributed by atoms with Gasteiger partial charge in [-0.3, -0.25) is 9.79 Å². The van der Waals surface area contributed by atoms with E-state index in [-0.39, 0.29) is 12.2 Å². The van der Waals surface area contributed by atoms with Gasteiger partial charge in [-0.1, -0.05) is 18.2 Å². The van der Waals surface area contributed by atoms with Crippen molar-refractivity contribution in [2.45, 2.75) is 45.6 Å². The van der Waals surface area contributed by atoms with Gasteiger partial charge in [-0.25, -0.2) is 4.79 Å². The average Bonchev–Trinajstić information content (AvgIpc) is 2.99. The minimum atomic E-state index is -0.839. The van der Waals surface area contributed by atoms with Gasteiger partial charge in [0.15, 0.2) is 0 Å². The molecule has 0 bridgehead atoms. The molecule has 10 heteroatoms. The van der Waals surface area contributed by atoms with E-state index in [1.165, 1.54) is 14.2 Å². The molecule has 42 heavy (non-hydrogen) atoms. The number of benzene rings is 2. The van der Waals surface area contributed by atoms with Crippen molar-refractivity contribution < 1.29 is 38.4 Å². The lowest BCUT2D eigenvalue weighted by Crippen LogP contribution is -2.36. The van der Waals surface area contributed by atoms with Crippen molar-refractivity contribution in [1.29, 1.82) is 0 Å². The number of rotatable bonds is 16. The predicted molar refractivity (Wildman–Crippen MR) is 159 cm³/mol. The van der Waals surface area contributed by atoms with Crippen LogP contribution in [0.5, 0.6) is 17.2 Å². The van der Waals surface area contributed by atoms with Crippen molar-refractivity contribution in [2.75, 3.05) is 47.1 Å². The maximum Gasteiger partial charge on any atom is 0.336 e. The normalized spacial score (nSPS) is 17.2. The fourth-order valence-corrected chi connectivity index (χ4v) is 4.91. The summed E-state index contributed by atoms with van der Waals surface area (Å²) in [6, 6.07) is 14.8. The van der Waals surface area contributed by atoms with Crippen molar-refractivity contribution in [2.24, 2.45) is 10.9 Å². The number of hydrogen-bond donors (Lipinski definition) is 2. The third kappa shape index (κ3) is 8.80. The molecule has 0 aliphatic carbocycles. The molecule has 1 aliphatic rings. The Labute approximate surface area is 247 Å². The molecule has 3 rings (SSSR count). The second-order valence-corrected chi connectivity index (χ2v) is 9.89. The maximum atomic E-state index is 13.0. The van der Waals surface area contributed by atoms with Crippen LogP contribution >= 0.6 is 0 Å². The van der Waals surface area contributed by atoms with Crippen molar-refractivity contribution in [3.05, 3.63) is 65.4 Å². The number of aliphatic hydroxyl groups excluding tert-OH is 1. The first-order valence-electron chi connectivity index (χ1n) is 14.2. The van der Waals surface area contributed by atoms with Gasteiger partial charge in [-0.2, -0.15) is 0 Å². The third-order valence-electron chi connectivity index (χ3n) is 6.89. The number of aliphatic imine (C=N–C) groups is 1. The summed E-state index contributed by atoms with van der Waals surface area (Å²) >= 11 is 0. The second kappa shape index (κ2) is 16.5. The van der Waals surface area contributed by atoms with E-state index < -0.39 is 29.9 Å². The van der Waals surface area contributed by atoms with Crippen LogP contribution < -0.4 is 19.5 Å². The van der Waals surface area contributed by atoms with Crippen LogP contribution in [0.4, 0.5) is 0 Å². The Kier molecular flexibility index (Phi) is 12.8. The molecule has 0 fully saturated rings. The number of nitrogens with zero attached hydrogens (tertiary/aromatic N) is 1. The Balaban J connectivity index is 1.66. The zero-order valence-electron chi connectivity index (χ0n) is 25.1. The minimum Gasteiger partial charge on any atom is -0.494 e. The number of hydrogen-bond acceptors (Lipinski definition) is 10. The number of para-hydroxylation sites is 1. The van der Waals surface area contributed by atoms with E-state index in [2.05, 4.69) is 10.3 Å². The van der Waals surface area contributed by atoms with Crippen LogP contribution in [0.2, 0.25) is 0 Å². The van der Waals surface area contributed by atoms with Crippen molar-refractivity contribution >= 4 is 17.7 Å². The number of nitrogens with one attached hydrogen (secondary N) is 1. The molecule has 3 unspecified atom stereocenters. The Hall–Kier alpha value is -3.89. The monoisotopic (exact) mass is 582 g/mol. The molecule has 1 aliphatic heterocycles. The van der Waals surface area contributed by atoms with Crippen molar-refractivity contribution in [1.82, 2.24) is 5.32 Å². The molecule has 2 aromatic rings. The average molecular weight is 583 g/mol. The highest BCUT2D eigenvalue weighted by molar-refractivity contribution is 6.07. The van der Waals surface area contributed by atoms with Crippen molar-refractivity contribution in [3.63, 3.8) is 0 Å². The quantitative estimate of drug-likeness (QED) is 0.223. The highest BCUT2D eigenvalue weighted by Crippen LogP contribution is 2.44. The number of allylic oxidation sites excluding steroid dienone is 1. The number of ether oxygens (including phenoxy) is 5. The highest BCUT2D eigenvalue weighted by Gasteiger charge is 2.43. The number of carbonyl (C=O) groups excluding carboxylic acids is 2. The van der Waals surface area contributed by atoms with E-state index in [1.54, 1.807) is 32.0 Å². The molecule has 2 aromatic carbocycles. The summed E-state index contributed by atoms with van der Waals surface area (Å²) in [6.07, 6.45) is 0.921. The second-order valence-electron chi connectivity index (χ2n) is 9.89. The minimum absolute atomic E-state index is 0.208. The van der Waals surface area contributed by atoms with Gasteiger partial charge in [0, 0.05) is 29.4 Å². The van der Waals surface area contributed by atoms with E-state index in [9.17, 15) is 14.7 Å². The van der Waals surface area contributed by atoms with Crippen LogP contribution in [-0.2, 0) is 19.1 Å². The van der Waals surface area contributed by atoms with Crippen LogP contribution in [0.3, 0.4) is 0 Å². The first kappa shape index (κ1) is 32.6. The number of esters is 2. The fourth-order valence-electron chi connectivity index (χ4n) is 4.91. The van der Waals surface area contributed by atoms with Gasteiger partial charge < -0.3 is 34.1 Å². The summed E-state index contributed by atoms with van der Waals surface area (Å²) in [5, 5.41) is 13.4. The molecule has 0 amide bonds. The van der Waals surface area contributed by atoms with E-state index in [1.807, 2.05) is 37.3 Å². The lowest BCUT2D eigenvalue weighted by Gasteiger charge is -2.32. The van der Waals surface area contributed by atoms with Gasteiger partial charge >= 0.3 is 11.9 Å². The van der Waals surface area contributed by atoms with Crippen LogP contribution in [0, 0.1) is 5.92 Å². The zero-order chi connectivity index (χ0) is 30.5. The van der Waals surface area contributed by atoms with E-state index in [0.29, 0.717) is 54.8 Å². The SMILES string of the molecule is CCOc1ccc(OCCCCNCC(O)COc2ccccc2)c(C2C(C(=O)OC)=C(C)N=C(C)C2C(=O)OC)c1. The topological polar surface area (TPSA) is 125 Å². The van der Waals surface area contributed by atoms with Crippen LogP contribution in [-0.4, -0.2) is 76.0 Å². The molecule has 0 spiro atoms. The van der Waals surface area contributed by atoms with Gasteiger partial charge in [-0.05, 0) is 70.5 Å². The fraction of sp³-hybridized carbons (Fsp3) is 0.469. The maximum absolute atomic E-state index is 13.0. The summed E-state index contributed by atoms with van der Waals surface area (Å²) in [5.41, 5.74) is 1.90. The summed E-state index contributed by atoms with van der Waals surface area (Å²) < 4.78 is 27.8. The molecule has 0 aromatic heterocycles. The number of carbonyl (C=O) groups is 2. The lowest BCUT2D eigenvalue weighted by molar-refractivity contribution is -0.143. The van der Waals surface area contributed by atoms with Gasteiger partial charge in [0.1, 0.15) is 35.9 Å². The van der Waals surface area contributed by atoms with Crippen molar-refractivity contribution in [3.8, 4) is 17.2 Å². The van der Waals surface area contributed by atoms with Gasteiger partial charge in [0.25, 0.3) is 0 Å². The summed E-state index contributed by atoms with van der Waals surface area (Å²) in [7, 11) is 2.61. The molecule has 0 radical (unpaired) electrons. The third-order valence-corrected chi connectivity index (χ3v) is 6.89. The Morgan fingerprint density at radius 1 is 0.976 bits per heavy atom. The number of unbranched alkanes of at least 4 members (excludes halogenated alkanes) is 1. The zero-order valence-corrected chi connectivity index (χ0v) is 25.1. The van der Waals surface area contributed by atoms with Crippen LogP contribution in [0.1, 0.15) is 45.1 Å². The molecule has 2 N–H and O–H groups in total. The van der Waals surface area contributed by atoms with Crippen LogP contribution in [0.15, 0.2) is 64.8 Å².